The fraction of sp³-hybridized carbons (Fsp3) is 0. The van der Waals surface area contributed by atoms with Gasteiger partial charge in [-0.1, -0.05) is 60.7 Å². The van der Waals surface area contributed by atoms with Crippen LogP contribution in [0.3, 0.4) is 0 Å². The molecule has 0 atom stereocenters. The van der Waals surface area contributed by atoms with E-state index < -0.39 is 5.97 Å². The smallest absolute Gasteiger partial charge is 0.355 e. The highest BCUT2D eigenvalue weighted by molar-refractivity contribution is 6.07. The lowest BCUT2D eigenvalue weighted by Gasteiger charge is -2.11. The summed E-state index contributed by atoms with van der Waals surface area (Å²) < 4.78 is 0. The summed E-state index contributed by atoms with van der Waals surface area (Å²) in [5.74, 6) is -1.07. The fourth-order valence-corrected chi connectivity index (χ4v) is 2.84. The number of carboxylic acids is 1. The molecule has 0 fully saturated rings. The van der Waals surface area contributed by atoms with Crippen molar-refractivity contribution in [3.63, 3.8) is 0 Å². The summed E-state index contributed by atoms with van der Waals surface area (Å²) in [4.78, 5) is 23.7. The molecule has 5 nitrogen and oxygen atoms in total. The minimum atomic E-state index is -1.07. The molecule has 0 aliphatic heterocycles. The summed E-state index contributed by atoms with van der Waals surface area (Å²) in [6.07, 6.45) is 1.57. The quantitative estimate of drug-likeness (QED) is 0.599. The second kappa shape index (κ2) is 5.62. The molecule has 2 N–H and O–H groups in total. The molecule has 0 saturated carbocycles. The van der Waals surface area contributed by atoms with Gasteiger partial charge in [0.05, 0.1) is 17.5 Å². The van der Waals surface area contributed by atoms with Gasteiger partial charge in [-0.05, 0) is 5.56 Å². The van der Waals surface area contributed by atoms with Crippen LogP contribution in [0.5, 0.6) is 0 Å². The maximum absolute atomic E-state index is 11.8. The van der Waals surface area contributed by atoms with Gasteiger partial charge in [0.25, 0.3) is 0 Å². The lowest BCUT2D eigenvalue weighted by Crippen LogP contribution is -2.06. The largest absolute Gasteiger partial charge is 0.476 e. The molecule has 24 heavy (non-hydrogen) atoms. The number of carboxylic acid groups (broad SMARTS) is 1. The van der Waals surface area contributed by atoms with Crippen LogP contribution in [-0.4, -0.2) is 26.0 Å². The maximum Gasteiger partial charge on any atom is 0.355 e. The highest BCUT2D eigenvalue weighted by atomic mass is 16.4. The number of hydrogen-bond donors (Lipinski definition) is 2. The Morgan fingerprint density at radius 3 is 2.17 bits per heavy atom. The Balaban J connectivity index is 2.10. The number of imidazole rings is 1. The van der Waals surface area contributed by atoms with Gasteiger partial charge in [0, 0.05) is 11.1 Å². The predicted molar refractivity (Wildman–Crippen MR) is 91.7 cm³/mol. The van der Waals surface area contributed by atoms with Gasteiger partial charge in [-0.2, -0.15) is 0 Å². The number of nitrogens with one attached hydrogen (secondary N) is 1. The zero-order chi connectivity index (χ0) is 16.5. The van der Waals surface area contributed by atoms with Crippen LogP contribution >= 0.6 is 0 Å². The van der Waals surface area contributed by atoms with E-state index in [4.69, 9.17) is 0 Å². The monoisotopic (exact) mass is 315 g/mol. The first-order valence-electron chi connectivity index (χ1n) is 7.47. The van der Waals surface area contributed by atoms with Crippen molar-refractivity contribution in [3.05, 3.63) is 72.7 Å². The van der Waals surface area contributed by atoms with E-state index in [1.165, 1.54) is 0 Å². The summed E-state index contributed by atoms with van der Waals surface area (Å²) in [7, 11) is 0. The number of nitrogens with zero attached hydrogens (tertiary/aromatic N) is 2. The number of fused-ring (bicyclic) bond motifs is 1. The second-order valence-corrected chi connectivity index (χ2v) is 5.35. The molecule has 2 aromatic carbocycles. The van der Waals surface area contributed by atoms with E-state index >= 15 is 0 Å². The zero-order valence-corrected chi connectivity index (χ0v) is 12.6. The van der Waals surface area contributed by atoms with Crippen LogP contribution in [0.15, 0.2) is 67.0 Å². The normalized spacial score (nSPS) is 10.8. The van der Waals surface area contributed by atoms with Crippen molar-refractivity contribution in [2.75, 3.05) is 0 Å². The van der Waals surface area contributed by atoms with Crippen molar-refractivity contribution < 1.29 is 9.90 Å². The molecule has 0 spiro atoms. The third-order valence-corrected chi connectivity index (χ3v) is 3.89. The molecule has 2 aromatic heterocycles. The van der Waals surface area contributed by atoms with Crippen LogP contribution < -0.4 is 0 Å². The summed E-state index contributed by atoms with van der Waals surface area (Å²) in [5.41, 5.74) is 4.07. The molecule has 0 saturated heterocycles. The van der Waals surface area contributed by atoms with E-state index in [1.54, 1.807) is 6.33 Å². The van der Waals surface area contributed by atoms with Gasteiger partial charge in [0.2, 0.25) is 0 Å². The van der Waals surface area contributed by atoms with Gasteiger partial charge < -0.3 is 10.1 Å². The highest BCUT2D eigenvalue weighted by Gasteiger charge is 2.22. The molecule has 0 radical (unpaired) electrons. The lowest BCUT2D eigenvalue weighted by molar-refractivity contribution is 0.0691. The number of hydrogen-bond acceptors (Lipinski definition) is 3. The van der Waals surface area contributed by atoms with Crippen LogP contribution in [0.25, 0.3) is 33.4 Å². The van der Waals surface area contributed by atoms with Crippen LogP contribution in [-0.2, 0) is 0 Å². The minimum absolute atomic E-state index is 0.0109. The van der Waals surface area contributed by atoms with E-state index in [0.29, 0.717) is 22.3 Å². The van der Waals surface area contributed by atoms with Crippen molar-refractivity contribution in [3.8, 4) is 22.4 Å². The second-order valence-electron chi connectivity index (χ2n) is 5.35. The van der Waals surface area contributed by atoms with E-state index in [9.17, 15) is 9.90 Å². The van der Waals surface area contributed by atoms with Gasteiger partial charge in [-0.15, -0.1) is 0 Å². The zero-order valence-electron chi connectivity index (χ0n) is 12.6. The molecule has 0 aliphatic carbocycles. The first-order valence-corrected chi connectivity index (χ1v) is 7.47. The molecule has 4 aromatic rings. The van der Waals surface area contributed by atoms with Crippen molar-refractivity contribution in [1.82, 2.24) is 15.0 Å². The molecular formula is C19H13N3O2. The molecule has 2 heterocycles. The van der Waals surface area contributed by atoms with E-state index in [2.05, 4.69) is 15.0 Å². The van der Waals surface area contributed by atoms with Crippen LogP contribution in [0.1, 0.15) is 10.5 Å². The molecule has 0 bridgehead atoms. The van der Waals surface area contributed by atoms with Gasteiger partial charge in [-0.25, -0.2) is 14.8 Å². The summed E-state index contributed by atoms with van der Waals surface area (Å²) in [6, 6.07) is 18.8. The number of rotatable bonds is 3. The highest BCUT2D eigenvalue weighted by Crippen LogP contribution is 2.34. The average Bonchev–Trinajstić information content (AvgIpc) is 3.11. The first kappa shape index (κ1) is 14.1. The maximum atomic E-state index is 11.8. The Hall–Kier alpha value is -3.47. The minimum Gasteiger partial charge on any atom is -0.476 e. The van der Waals surface area contributed by atoms with E-state index in [-0.39, 0.29) is 5.69 Å². The van der Waals surface area contributed by atoms with Crippen molar-refractivity contribution >= 4 is 17.0 Å². The molecule has 0 amide bonds. The van der Waals surface area contributed by atoms with Gasteiger partial charge in [0.15, 0.2) is 5.69 Å². The Morgan fingerprint density at radius 1 is 0.917 bits per heavy atom. The molecule has 116 valence electrons. The fourth-order valence-electron chi connectivity index (χ4n) is 2.84. The topological polar surface area (TPSA) is 78.9 Å². The van der Waals surface area contributed by atoms with Crippen molar-refractivity contribution in [1.29, 1.82) is 0 Å². The SMILES string of the molecule is O=C(O)c1nc(-c2ccccc2)c2nc[nH]c2c1-c1ccccc1. The number of aromatic amines is 1. The summed E-state index contributed by atoms with van der Waals surface area (Å²) >= 11 is 0. The Morgan fingerprint density at radius 2 is 1.54 bits per heavy atom. The summed E-state index contributed by atoms with van der Waals surface area (Å²) in [6.45, 7) is 0. The van der Waals surface area contributed by atoms with Gasteiger partial charge in [0.1, 0.15) is 5.52 Å². The average molecular weight is 315 g/mol. The Labute approximate surface area is 137 Å². The Bertz CT molecular complexity index is 1020. The van der Waals surface area contributed by atoms with Crippen molar-refractivity contribution in [2.24, 2.45) is 0 Å². The predicted octanol–water partition coefficient (Wildman–Crippen LogP) is 3.99. The Kier molecular flexibility index (Phi) is 3.31. The molecular weight excluding hydrogens is 302 g/mol. The molecule has 5 heteroatoms. The van der Waals surface area contributed by atoms with E-state index in [1.807, 2.05) is 60.7 Å². The molecule has 0 aliphatic rings. The van der Waals surface area contributed by atoms with Crippen LogP contribution in [0.4, 0.5) is 0 Å². The number of aromatic nitrogens is 3. The number of pyridine rings is 1. The number of aromatic carboxylic acids is 1. The number of H-pyrrole nitrogens is 1. The summed E-state index contributed by atoms with van der Waals surface area (Å²) in [5, 5.41) is 9.70. The lowest BCUT2D eigenvalue weighted by atomic mass is 9.99. The van der Waals surface area contributed by atoms with Gasteiger partial charge >= 0.3 is 5.97 Å². The standard InChI is InChI=1S/C19H13N3O2/c23-19(24)17-14(12-7-3-1-4-8-12)16-18(21-11-20-16)15(22-17)13-9-5-2-6-10-13/h1-11H,(H,20,21)(H,23,24). The first-order chi connectivity index (χ1) is 11.8. The van der Waals surface area contributed by atoms with Crippen molar-refractivity contribution in [2.45, 2.75) is 0 Å². The van der Waals surface area contributed by atoms with E-state index in [0.717, 1.165) is 11.1 Å². The number of benzene rings is 2. The van der Waals surface area contributed by atoms with Crippen LogP contribution in [0.2, 0.25) is 0 Å². The molecule has 0 unspecified atom stereocenters. The molecule has 4 rings (SSSR count). The third-order valence-electron chi connectivity index (χ3n) is 3.89. The van der Waals surface area contributed by atoms with Crippen LogP contribution in [0, 0.1) is 0 Å². The number of carbonyl (C=O) groups is 1. The third kappa shape index (κ3) is 2.23. The van der Waals surface area contributed by atoms with Gasteiger partial charge in [-0.3, -0.25) is 0 Å².